The van der Waals surface area contributed by atoms with Gasteiger partial charge in [0.2, 0.25) is 0 Å². The third-order valence-electron chi connectivity index (χ3n) is 2.90. The molecule has 0 N–H and O–H groups in total. The zero-order valence-electron chi connectivity index (χ0n) is 9.41. The lowest BCUT2D eigenvalue weighted by atomic mass is 10.2. The normalized spacial score (nSPS) is 11.3. The molecule has 0 saturated heterocycles. The topological polar surface area (TPSA) is 51.6 Å². The van der Waals surface area contributed by atoms with Crippen molar-refractivity contribution in [1.29, 1.82) is 0 Å². The maximum absolute atomic E-state index is 4.54. The first-order valence-electron chi connectivity index (χ1n) is 5.68. The fourth-order valence-corrected chi connectivity index (χ4v) is 2.05. The first kappa shape index (κ1) is 9.41. The molecule has 0 aliphatic carbocycles. The first-order valence-corrected chi connectivity index (χ1v) is 5.68. The van der Waals surface area contributed by atoms with Crippen LogP contribution in [0.1, 0.15) is 0 Å². The molecule has 3 aromatic heterocycles. The Labute approximate surface area is 102 Å². The predicted molar refractivity (Wildman–Crippen MR) is 70.1 cm³/mol. The number of hydrogen-bond donors (Lipinski definition) is 0. The lowest BCUT2D eigenvalue weighted by molar-refractivity contribution is 1.25. The number of pyridine rings is 2. The average Bonchev–Trinajstić information content (AvgIpc) is 2.42. The van der Waals surface area contributed by atoms with E-state index in [4.69, 9.17) is 0 Å². The van der Waals surface area contributed by atoms with E-state index in [1.54, 1.807) is 6.20 Å². The van der Waals surface area contributed by atoms with Gasteiger partial charge in [0.25, 0.3) is 0 Å². The third kappa shape index (κ3) is 1.32. The van der Waals surface area contributed by atoms with Crippen molar-refractivity contribution in [2.75, 3.05) is 0 Å². The Kier molecular flexibility index (Phi) is 1.80. The van der Waals surface area contributed by atoms with Gasteiger partial charge in [0.1, 0.15) is 11.0 Å². The molecule has 1 aromatic carbocycles. The number of benzene rings is 1. The van der Waals surface area contributed by atoms with E-state index in [1.165, 1.54) is 0 Å². The smallest absolute Gasteiger partial charge is 0.180 e. The lowest BCUT2D eigenvalue weighted by Gasteiger charge is -2.01. The summed E-state index contributed by atoms with van der Waals surface area (Å²) in [4.78, 5) is 17.7. The molecule has 0 bridgehead atoms. The Morgan fingerprint density at radius 1 is 0.667 bits per heavy atom. The van der Waals surface area contributed by atoms with E-state index >= 15 is 0 Å². The van der Waals surface area contributed by atoms with Crippen molar-refractivity contribution in [3.8, 4) is 0 Å². The zero-order chi connectivity index (χ0) is 11.9. The van der Waals surface area contributed by atoms with E-state index in [9.17, 15) is 0 Å². The van der Waals surface area contributed by atoms with Crippen LogP contribution in [0.5, 0.6) is 0 Å². The number of rotatable bonds is 0. The van der Waals surface area contributed by atoms with Crippen molar-refractivity contribution in [2.45, 2.75) is 0 Å². The standard InChI is InChI=1S/C14H8N4/c1-2-5-10-9(4-1)8-12-14(17-10)18-13-11(16-12)6-3-7-15-13/h1-8H. The fraction of sp³-hybridized carbons (Fsp3) is 0. The molecular formula is C14H8N4. The highest BCUT2D eigenvalue weighted by molar-refractivity contribution is 5.91. The average molecular weight is 232 g/mol. The molecular weight excluding hydrogens is 224 g/mol. The van der Waals surface area contributed by atoms with Gasteiger partial charge in [0.05, 0.1) is 5.52 Å². The van der Waals surface area contributed by atoms with Crippen LogP contribution in [-0.4, -0.2) is 19.9 Å². The monoisotopic (exact) mass is 232 g/mol. The molecule has 0 unspecified atom stereocenters. The van der Waals surface area contributed by atoms with Crippen LogP contribution in [0.25, 0.3) is 33.2 Å². The minimum absolute atomic E-state index is 0.632. The van der Waals surface area contributed by atoms with Crippen LogP contribution in [0.15, 0.2) is 48.7 Å². The molecule has 4 heteroatoms. The molecule has 18 heavy (non-hydrogen) atoms. The molecule has 4 nitrogen and oxygen atoms in total. The maximum Gasteiger partial charge on any atom is 0.180 e. The summed E-state index contributed by atoms with van der Waals surface area (Å²) in [5.74, 6) is 0. The Bertz CT molecular complexity index is 742. The summed E-state index contributed by atoms with van der Waals surface area (Å²) in [6.45, 7) is 0. The van der Waals surface area contributed by atoms with E-state index in [0.29, 0.717) is 11.3 Å². The first-order chi connectivity index (χ1) is 8.90. The quantitative estimate of drug-likeness (QED) is 0.437. The van der Waals surface area contributed by atoms with E-state index in [0.717, 1.165) is 21.9 Å². The van der Waals surface area contributed by atoms with Crippen molar-refractivity contribution < 1.29 is 0 Å². The van der Waals surface area contributed by atoms with Gasteiger partial charge in [-0.2, -0.15) is 0 Å². The Balaban J connectivity index is 2.20. The lowest BCUT2D eigenvalue weighted by Crippen LogP contribution is -1.92. The molecule has 0 saturated carbocycles. The van der Waals surface area contributed by atoms with Crippen LogP contribution in [0.4, 0.5) is 0 Å². The summed E-state index contributed by atoms with van der Waals surface area (Å²) >= 11 is 0. The SMILES string of the molecule is c1ccc2nc3nc4ncccc4nc3cc2c1. The van der Waals surface area contributed by atoms with Gasteiger partial charge >= 0.3 is 0 Å². The Hall–Kier alpha value is -2.62. The van der Waals surface area contributed by atoms with E-state index in [1.807, 2.05) is 42.5 Å². The summed E-state index contributed by atoms with van der Waals surface area (Å²) in [5.41, 5.74) is 3.79. The largest absolute Gasteiger partial charge is 0.241 e. The summed E-state index contributed by atoms with van der Waals surface area (Å²) < 4.78 is 0. The molecule has 0 atom stereocenters. The molecule has 84 valence electrons. The van der Waals surface area contributed by atoms with E-state index in [2.05, 4.69) is 19.9 Å². The van der Waals surface area contributed by atoms with Gasteiger partial charge in [0.15, 0.2) is 11.3 Å². The summed E-state index contributed by atoms with van der Waals surface area (Å²) in [6, 6.07) is 13.7. The van der Waals surface area contributed by atoms with Crippen molar-refractivity contribution in [3.05, 3.63) is 48.7 Å². The van der Waals surface area contributed by atoms with Gasteiger partial charge in [-0.25, -0.2) is 19.9 Å². The summed E-state index contributed by atoms with van der Waals surface area (Å²) in [7, 11) is 0. The molecule has 0 amide bonds. The molecule has 4 aromatic rings. The van der Waals surface area contributed by atoms with Crippen LogP contribution in [0.3, 0.4) is 0 Å². The number of para-hydroxylation sites is 1. The van der Waals surface area contributed by atoms with Crippen LogP contribution in [0, 0.1) is 0 Å². The highest BCUT2D eigenvalue weighted by Crippen LogP contribution is 2.18. The Morgan fingerprint density at radius 3 is 2.56 bits per heavy atom. The number of hydrogen-bond acceptors (Lipinski definition) is 4. The van der Waals surface area contributed by atoms with Crippen molar-refractivity contribution in [3.63, 3.8) is 0 Å². The zero-order valence-corrected chi connectivity index (χ0v) is 9.41. The number of fused-ring (bicyclic) bond motifs is 3. The summed E-state index contributed by atoms with van der Waals surface area (Å²) in [6.07, 6.45) is 1.71. The van der Waals surface area contributed by atoms with Gasteiger partial charge in [-0.05, 0) is 24.3 Å². The molecule has 0 aliphatic rings. The van der Waals surface area contributed by atoms with Crippen molar-refractivity contribution >= 4 is 33.2 Å². The second-order valence-electron chi connectivity index (χ2n) is 4.09. The van der Waals surface area contributed by atoms with Crippen molar-refractivity contribution in [2.24, 2.45) is 0 Å². The maximum atomic E-state index is 4.54. The van der Waals surface area contributed by atoms with Crippen LogP contribution >= 0.6 is 0 Å². The van der Waals surface area contributed by atoms with Crippen LogP contribution < -0.4 is 0 Å². The Morgan fingerprint density at radius 2 is 1.56 bits per heavy atom. The van der Waals surface area contributed by atoms with Gasteiger partial charge in [-0.3, -0.25) is 0 Å². The van der Waals surface area contributed by atoms with Gasteiger partial charge < -0.3 is 0 Å². The van der Waals surface area contributed by atoms with Gasteiger partial charge in [-0.15, -0.1) is 0 Å². The highest BCUT2D eigenvalue weighted by Gasteiger charge is 2.04. The summed E-state index contributed by atoms with van der Waals surface area (Å²) in [5, 5.41) is 1.07. The van der Waals surface area contributed by atoms with Gasteiger partial charge in [-0.1, -0.05) is 18.2 Å². The van der Waals surface area contributed by atoms with Crippen LogP contribution in [-0.2, 0) is 0 Å². The second kappa shape index (κ2) is 3.43. The number of aromatic nitrogens is 4. The number of nitrogens with zero attached hydrogens (tertiary/aromatic N) is 4. The predicted octanol–water partition coefficient (Wildman–Crippen LogP) is 2.73. The second-order valence-corrected chi connectivity index (χ2v) is 4.09. The highest BCUT2D eigenvalue weighted by atomic mass is 15.0. The van der Waals surface area contributed by atoms with Crippen LogP contribution in [0.2, 0.25) is 0 Å². The molecule has 0 aliphatic heterocycles. The molecule has 0 fully saturated rings. The third-order valence-corrected chi connectivity index (χ3v) is 2.90. The molecule has 0 radical (unpaired) electrons. The molecule has 4 rings (SSSR count). The minimum atomic E-state index is 0.632. The minimum Gasteiger partial charge on any atom is -0.241 e. The van der Waals surface area contributed by atoms with Crippen molar-refractivity contribution in [1.82, 2.24) is 19.9 Å². The molecule has 0 spiro atoms. The fourth-order valence-electron chi connectivity index (χ4n) is 2.05. The van der Waals surface area contributed by atoms with E-state index < -0.39 is 0 Å². The molecule has 3 heterocycles. The van der Waals surface area contributed by atoms with E-state index in [-0.39, 0.29) is 0 Å². The van der Waals surface area contributed by atoms with Gasteiger partial charge in [0, 0.05) is 11.6 Å².